The van der Waals surface area contributed by atoms with E-state index in [9.17, 15) is 4.79 Å². The molecule has 16 heavy (non-hydrogen) atoms. The van der Waals surface area contributed by atoms with Gasteiger partial charge in [0.25, 0.3) is 0 Å². The van der Waals surface area contributed by atoms with E-state index in [4.69, 9.17) is 4.74 Å². The molecule has 2 aromatic rings. The van der Waals surface area contributed by atoms with Crippen LogP contribution in [0.1, 0.15) is 10.4 Å². The van der Waals surface area contributed by atoms with Crippen LogP contribution < -0.4 is 4.74 Å². The molecule has 0 heterocycles. The van der Waals surface area contributed by atoms with Gasteiger partial charge in [-0.2, -0.15) is 0 Å². The van der Waals surface area contributed by atoms with Gasteiger partial charge in [-0.15, -0.1) is 0 Å². The Morgan fingerprint density at radius 1 is 1.19 bits per heavy atom. The molecule has 0 N–H and O–H groups in total. The van der Waals surface area contributed by atoms with Crippen molar-refractivity contribution in [1.82, 2.24) is 0 Å². The lowest BCUT2D eigenvalue weighted by molar-refractivity contribution is 0.102. The van der Waals surface area contributed by atoms with Gasteiger partial charge in [-0.05, 0) is 29.0 Å². The van der Waals surface area contributed by atoms with Crippen molar-refractivity contribution in [2.24, 2.45) is 0 Å². The second-order valence-corrected chi connectivity index (χ2v) is 4.05. The molecule has 0 radical (unpaired) electrons. The van der Waals surface area contributed by atoms with Crippen LogP contribution >= 0.6 is 15.9 Å². The van der Waals surface area contributed by atoms with Gasteiger partial charge < -0.3 is 4.74 Å². The molecule has 0 spiro atoms. The maximum absolute atomic E-state index is 11.5. The largest absolute Gasteiger partial charge is 0.497 e. The molecule has 0 saturated heterocycles. The van der Waals surface area contributed by atoms with Crippen molar-refractivity contribution in [3.8, 4) is 5.75 Å². The third-order valence-corrected chi connectivity index (χ3v) is 3.00. The summed E-state index contributed by atoms with van der Waals surface area (Å²) in [7, 11) is 1.63. The first-order valence-corrected chi connectivity index (χ1v) is 6.03. The van der Waals surface area contributed by atoms with Crippen LogP contribution in [-0.2, 0) is 0 Å². The van der Waals surface area contributed by atoms with Crippen LogP contribution in [0.5, 0.6) is 5.75 Å². The highest BCUT2D eigenvalue weighted by molar-refractivity contribution is 9.09. The molecule has 0 bridgehead atoms. The van der Waals surface area contributed by atoms with E-state index in [1.807, 2.05) is 36.4 Å². The minimum atomic E-state index is 0.0877. The fourth-order valence-corrected chi connectivity index (χ4v) is 1.93. The average molecular weight is 279 g/mol. The molecule has 2 aromatic carbocycles. The highest BCUT2D eigenvalue weighted by Gasteiger charge is 2.05. The van der Waals surface area contributed by atoms with Crippen LogP contribution in [0.25, 0.3) is 10.8 Å². The second kappa shape index (κ2) is 4.66. The number of carbonyl (C=O) groups excluding carboxylic acids is 1. The van der Waals surface area contributed by atoms with Gasteiger partial charge in [0.2, 0.25) is 0 Å². The number of halogens is 1. The number of carbonyl (C=O) groups is 1. The van der Waals surface area contributed by atoms with Crippen molar-refractivity contribution in [3.05, 3.63) is 42.0 Å². The number of hydrogen-bond donors (Lipinski definition) is 0. The van der Waals surface area contributed by atoms with E-state index in [-0.39, 0.29) is 5.78 Å². The number of fused-ring (bicyclic) bond motifs is 1. The maximum Gasteiger partial charge on any atom is 0.173 e. The lowest BCUT2D eigenvalue weighted by Gasteiger charge is -2.04. The van der Waals surface area contributed by atoms with Gasteiger partial charge in [0, 0.05) is 5.56 Å². The van der Waals surface area contributed by atoms with Gasteiger partial charge >= 0.3 is 0 Å². The molecular weight excluding hydrogens is 268 g/mol. The van der Waals surface area contributed by atoms with E-state index >= 15 is 0 Å². The Hall–Kier alpha value is -1.35. The molecule has 0 amide bonds. The average Bonchev–Trinajstić information content (AvgIpc) is 2.36. The predicted molar refractivity (Wildman–Crippen MR) is 68.6 cm³/mol. The summed E-state index contributed by atoms with van der Waals surface area (Å²) in [5.41, 5.74) is 0.720. The lowest BCUT2D eigenvalue weighted by Crippen LogP contribution is -1.99. The van der Waals surface area contributed by atoms with Crippen LogP contribution in [0.3, 0.4) is 0 Å². The molecule has 82 valence electrons. The molecule has 0 aliphatic rings. The van der Waals surface area contributed by atoms with Crippen molar-refractivity contribution in [2.75, 3.05) is 12.4 Å². The third kappa shape index (κ3) is 2.09. The molecule has 3 heteroatoms. The molecule has 0 aliphatic heterocycles. The summed E-state index contributed by atoms with van der Waals surface area (Å²) in [6.07, 6.45) is 0. The van der Waals surface area contributed by atoms with Gasteiger partial charge in [-0.3, -0.25) is 4.79 Å². The van der Waals surface area contributed by atoms with Crippen LogP contribution in [0.15, 0.2) is 36.4 Å². The third-order valence-electron chi connectivity index (χ3n) is 2.49. The van der Waals surface area contributed by atoms with Crippen molar-refractivity contribution in [1.29, 1.82) is 0 Å². The summed E-state index contributed by atoms with van der Waals surface area (Å²) in [4.78, 5) is 11.5. The van der Waals surface area contributed by atoms with Gasteiger partial charge in [0.1, 0.15) is 5.75 Å². The molecule has 2 nitrogen and oxygen atoms in total. The Bertz CT molecular complexity index is 534. The van der Waals surface area contributed by atoms with E-state index in [0.29, 0.717) is 5.33 Å². The Morgan fingerprint density at radius 3 is 2.62 bits per heavy atom. The zero-order valence-corrected chi connectivity index (χ0v) is 10.5. The normalized spacial score (nSPS) is 10.4. The molecule has 2 rings (SSSR count). The number of ether oxygens (including phenoxy) is 1. The fraction of sp³-hybridized carbons (Fsp3) is 0.154. The number of Topliss-reactive ketones (excluding diaryl/α,β-unsaturated/α-hetero) is 1. The summed E-state index contributed by atoms with van der Waals surface area (Å²) in [6, 6.07) is 11.5. The molecule has 0 atom stereocenters. The number of hydrogen-bond acceptors (Lipinski definition) is 2. The fourth-order valence-electron chi connectivity index (χ4n) is 1.60. The van der Waals surface area contributed by atoms with E-state index in [0.717, 1.165) is 22.1 Å². The lowest BCUT2D eigenvalue weighted by atomic mass is 10.0. The predicted octanol–water partition coefficient (Wildman–Crippen LogP) is 3.43. The Balaban J connectivity index is 2.54. The van der Waals surface area contributed by atoms with Crippen molar-refractivity contribution >= 4 is 32.5 Å². The van der Waals surface area contributed by atoms with Crippen molar-refractivity contribution in [3.63, 3.8) is 0 Å². The summed E-state index contributed by atoms with van der Waals surface area (Å²) in [6.45, 7) is 0. The van der Waals surface area contributed by atoms with E-state index in [2.05, 4.69) is 15.9 Å². The molecule has 0 fully saturated rings. The van der Waals surface area contributed by atoms with Crippen molar-refractivity contribution < 1.29 is 9.53 Å². The minimum Gasteiger partial charge on any atom is -0.497 e. The Morgan fingerprint density at radius 2 is 1.94 bits per heavy atom. The summed E-state index contributed by atoms with van der Waals surface area (Å²) >= 11 is 3.17. The summed E-state index contributed by atoms with van der Waals surface area (Å²) in [5.74, 6) is 0.890. The highest BCUT2D eigenvalue weighted by atomic mass is 79.9. The number of alkyl halides is 1. The van der Waals surface area contributed by atoms with Crippen LogP contribution in [-0.4, -0.2) is 18.2 Å². The first-order valence-electron chi connectivity index (χ1n) is 4.91. The zero-order valence-electron chi connectivity index (χ0n) is 8.87. The van der Waals surface area contributed by atoms with Crippen LogP contribution in [0.2, 0.25) is 0 Å². The second-order valence-electron chi connectivity index (χ2n) is 3.48. The summed E-state index contributed by atoms with van der Waals surface area (Å²) < 4.78 is 5.15. The van der Waals surface area contributed by atoms with Gasteiger partial charge in [0.05, 0.1) is 12.4 Å². The van der Waals surface area contributed by atoms with E-state index in [1.165, 1.54) is 0 Å². The number of rotatable bonds is 3. The summed E-state index contributed by atoms with van der Waals surface area (Å²) in [5, 5.41) is 2.47. The first kappa shape index (κ1) is 11.1. The molecule has 0 unspecified atom stereocenters. The Kier molecular flexibility index (Phi) is 3.25. The standard InChI is InChI=1S/C13H11BrO2/c1-16-12-5-4-9-2-3-10(13(15)8-14)6-11(9)7-12/h2-7H,8H2,1H3. The first-order chi connectivity index (χ1) is 7.74. The van der Waals surface area contributed by atoms with Gasteiger partial charge in [0.15, 0.2) is 5.78 Å². The monoisotopic (exact) mass is 278 g/mol. The van der Waals surface area contributed by atoms with Gasteiger partial charge in [-0.1, -0.05) is 34.1 Å². The number of methoxy groups -OCH3 is 1. The maximum atomic E-state index is 11.5. The van der Waals surface area contributed by atoms with Gasteiger partial charge in [-0.25, -0.2) is 0 Å². The van der Waals surface area contributed by atoms with Crippen LogP contribution in [0, 0.1) is 0 Å². The van der Waals surface area contributed by atoms with Crippen LogP contribution in [0.4, 0.5) is 0 Å². The molecule has 0 aromatic heterocycles. The smallest absolute Gasteiger partial charge is 0.173 e. The number of ketones is 1. The molecule has 0 aliphatic carbocycles. The van der Waals surface area contributed by atoms with E-state index < -0.39 is 0 Å². The molecular formula is C13H11BrO2. The molecule has 0 saturated carbocycles. The topological polar surface area (TPSA) is 26.3 Å². The number of benzene rings is 2. The highest BCUT2D eigenvalue weighted by Crippen LogP contribution is 2.22. The quantitative estimate of drug-likeness (QED) is 0.635. The van der Waals surface area contributed by atoms with Crippen molar-refractivity contribution in [2.45, 2.75) is 0 Å². The minimum absolute atomic E-state index is 0.0877. The zero-order chi connectivity index (χ0) is 11.5. The Labute approximate surface area is 102 Å². The SMILES string of the molecule is COc1ccc2ccc(C(=O)CBr)cc2c1. The van der Waals surface area contributed by atoms with E-state index in [1.54, 1.807) is 7.11 Å².